The molecular formula is C13H17F3O. The van der Waals surface area contributed by atoms with E-state index in [0.29, 0.717) is 6.42 Å². The molecule has 96 valence electrons. The molecule has 0 saturated carbocycles. The summed E-state index contributed by atoms with van der Waals surface area (Å²) in [5.74, 6) is 0. The topological polar surface area (TPSA) is 20.2 Å². The van der Waals surface area contributed by atoms with Crippen molar-refractivity contribution in [3.05, 3.63) is 35.4 Å². The van der Waals surface area contributed by atoms with Crippen molar-refractivity contribution in [1.29, 1.82) is 0 Å². The second-order valence-electron chi connectivity index (χ2n) is 4.29. The molecule has 1 nitrogen and oxygen atoms in total. The lowest BCUT2D eigenvalue weighted by molar-refractivity contribution is -0.136. The van der Waals surface area contributed by atoms with Crippen molar-refractivity contribution in [2.75, 3.05) is 0 Å². The van der Waals surface area contributed by atoms with E-state index in [0.717, 1.165) is 11.1 Å². The van der Waals surface area contributed by atoms with Gasteiger partial charge in [-0.3, -0.25) is 0 Å². The molecule has 0 bridgehead atoms. The molecule has 1 atom stereocenters. The number of hydrogen-bond acceptors (Lipinski definition) is 1. The summed E-state index contributed by atoms with van der Waals surface area (Å²) in [5.41, 5.74) is 2.05. The Morgan fingerprint density at radius 2 is 1.88 bits per heavy atom. The SMILES string of the molecule is Cc1ccccc1CC(O)CCCC(F)(F)F. The average Bonchev–Trinajstić information content (AvgIpc) is 2.19. The highest BCUT2D eigenvalue weighted by atomic mass is 19.4. The lowest BCUT2D eigenvalue weighted by Gasteiger charge is -2.13. The van der Waals surface area contributed by atoms with E-state index in [1.54, 1.807) is 0 Å². The van der Waals surface area contributed by atoms with Crippen molar-refractivity contribution in [3.63, 3.8) is 0 Å². The van der Waals surface area contributed by atoms with Crippen LogP contribution in [-0.2, 0) is 6.42 Å². The second kappa shape index (κ2) is 6.05. The monoisotopic (exact) mass is 246 g/mol. The molecule has 0 fully saturated rings. The van der Waals surface area contributed by atoms with E-state index in [1.165, 1.54) is 0 Å². The van der Waals surface area contributed by atoms with Crippen molar-refractivity contribution in [3.8, 4) is 0 Å². The summed E-state index contributed by atoms with van der Waals surface area (Å²) in [5, 5.41) is 9.66. The normalized spacial score (nSPS) is 13.7. The van der Waals surface area contributed by atoms with Gasteiger partial charge >= 0.3 is 6.18 Å². The second-order valence-corrected chi connectivity index (χ2v) is 4.29. The van der Waals surface area contributed by atoms with Crippen LogP contribution in [0.15, 0.2) is 24.3 Å². The quantitative estimate of drug-likeness (QED) is 0.841. The molecule has 1 unspecified atom stereocenters. The molecule has 1 rings (SSSR count). The predicted molar refractivity (Wildman–Crippen MR) is 60.8 cm³/mol. The maximum atomic E-state index is 11.9. The Morgan fingerprint density at radius 1 is 1.24 bits per heavy atom. The third-order valence-electron chi connectivity index (χ3n) is 2.71. The van der Waals surface area contributed by atoms with Gasteiger partial charge in [0, 0.05) is 6.42 Å². The molecule has 0 aromatic heterocycles. The Labute approximate surface area is 99.3 Å². The van der Waals surface area contributed by atoms with Gasteiger partial charge in [-0.1, -0.05) is 24.3 Å². The number of rotatable bonds is 5. The van der Waals surface area contributed by atoms with Gasteiger partial charge in [-0.05, 0) is 37.3 Å². The van der Waals surface area contributed by atoms with E-state index >= 15 is 0 Å². The van der Waals surface area contributed by atoms with Crippen molar-refractivity contribution < 1.29 is 18.3 Å². The first-order valence-corrected chi connectivity index (χ1v) is 5.68. The molecule has 0 saturated heterocycles. The minimum Gasteiger partial charge on any atom is -0.393 e. The molecule has 4 heteroatoms. The lowest BCUT2D eigenvalue weighted by Crippen LogP contribution is -2.14. The highest BCUT2D eigenvalue weighted by Gasteiger charge is 2.26. The molecule has 0 amide bonds. The summed E-state index contributed by atoms with van der Waals surface area (Å²) in [6, 6.07) is 7.58. The van der Waals surface area contributed by atoms with Gasteiger partial charge in [0.1, 0.15) is 0 Å². The summed E-state index contributed by atoms with van der Waals surface area (Å²) in [4.78, 5) is 0. The van der Waals surface area contributed by atoms with Crippen LogP contribution in [-0.4, -0.2) is 17.4 Å². The zero-order chi connectivity index (χ0) is 12.9. The average molecular weight is 246 g/mol. The van der Waals surface area contributed by atoms with Gasteiger partial charge < -0.3 is 5.11 Å². The van der Waals surface area contributed by atoms with E-state index < -0.39 is 18.7 Å². The largest absolute Gasteiger partial charge is 0.393 e. The van der Waals surface area contributed by atoms with Crippen LogP contribution < -0.4 is 0 Å². The Kier molecular flexibility index (Phi) is 5.00. The van der Waals surface area contributed by atoms with Crippen LogP contribution in [0.5, 0.6) is 0 Å². The number of hydrogen-bond donors (Lipinski definition) is 1. The number of alkyl halides is 3. The number of aryl methyl sites for hydroxylation is 1. The summed E-state index contributed by atoms with van der Waals surface area (Å²) in [6.45, 7) is 1.93. The Balaban J connectivity index is 2.35. The van der Waals surface area contributed by atoms with Crippen LogP contribution in [0, 0.1) is 6.92 Å². The van der Waals surface area contributed by atoms with Crippen molar-refractivity contribution >= 4 is 0 Å². The third-order valence-corrected chi connectivity index (χ3v) is 2.71. The number of aliphatic hydroxyl groups excluding tert-OH is 1. The zero-order valence-corrected chi connectivity index (χ0v) is 9.80. The molecule has 1 aromatic carbocycles. The van der Waals surface area contributed by atoms with E-state index in [4.69, 9.17) is 0 Å². The number of benzene rings is 1. The minimum absolute atomic E-state index is 0.0173. The van der Waals surface area contributed by atoms with E-state index in [9.17, 15) is 18.3 Å². The highest BCUT2D eigenvalue weighted by molar-refractivity contribution is 5.26. The summed E-state index contributed by atoms with van der Waals surface area (Å²) < 4.78 is 35.7. The minimum atomic E-state index is -4.12. The van der Waals surface area contributed by atoms with Crippen LogP contribution in [0.25, 0.3) is 0 Å². The first-order chi connectivity index (χ1) is 7.88. The van der Waals surface area contributed by atoms with Gasteiger partial charge in [0.2, 0.25) is 0 Å². The summed E-state index contributed by atoms with van der Waals surface area (Å²) in [7, 11) is 0. The van der Waals surface area contributed by atoms with Crippen molar-refractivity contribution in [2.45, 2.75) is 44.9 Å². The fraction of sp³-hybridized carbons (Fsp3) is 0.538. The maximum absolute atomic E-state index is 11.9. The van der Waals surface area contributed by atoms with Crippen LogP contribution >= 0.6 is 0 Å². The standard InChI is InChI=1S/C13H17F3O/c1-10-5-2-3-6-11(10)9-12(17)7-4-8-13(14,15)16/h2-3,5-6,12,17H,4,7-9H2,1H3. The van der Waals surface area contributed by atoms with Gasteiger partial charge in [-0.25, -0.2) is 0 Å². The number of halogens is 3. The first-order valence-electron chi connectivity index (χ1n) is 5.68. The zero-order valence-electron chi connectivity index (χ0n) is 9.80. The third kappa shape index (κ3) is 5.73. The van der Waals surface area contributed by atoms with Crippen LogP contribution in [0.4, 0.5) is 13.2 Å². The molecule has 1 aromatic rings. The summed E-state index contributed by atoms with van der Waals surface area (Å²) >= 11 is 0. The molecule has 1 N–H and O–H groups in total. The molecule has 0 aliphatic rings. The van der Waals surface area contributed by atoms with Crippen LogP contribution in [0.1, 0.15) is 30.4 Å². The summed E-state index contributed by atoms with van der Waals surface area (Å²) in [6.07, 6.45) is -5.05. The van der Waals surface area contributed by atoms with Crippen molar-refractivity contribution in [2.24, 2.45) is 0 Å². The fourth-order valence-corrected chi connectivity index (χ4v) is 1.73. The van der Waals surface area contributed by atoms with Crippen molar-refractivity contribution in [1.82, 2.24) is 0 Å². The molecule has 0 spiro atoms. The molecule has 0 radical (unpaired) electrons. The van der Waals surface area contributed by atoms with E-state index in [-0.39, 0.29) is 12.8 Å². The van der Waals surface area contributed by atoms with Gasteiger partial charge in [0.15, 0.2) is 0 Å². The van der Waals surface area contributed by atoms with E-state index in [1.807, 2.05) is 31.2 Å². The molecule has 0 aliphatic carbocycles. The Hall–Kier alpha value is -1.03. The van der Waals surface area contributed by atoms with Gasteiger partial charge in [-0.2, -0.15) is 13.2 Å². The fourth-order valence-electron chi connectivity index (χ4n) is 1.73. The smallest absolute Gasteiger partial charge is 0.389 e. The van der Waals surface area contributed by atoms with Gasteiger partial charge in [0.05, 0.1) is 6.10 Å². The van der Waals surface area contributed by atoms with E-state index in [2.05, 4.69) is 0 Å². The maximum Gasteiger partial charge on any atom is 0.389 e. The molecule has 0 heterocycles. The Bertz CT molecular complexity index is 347. The predicted octanol–water partition coefficient (Wildman–Crippen LogP) is 3.63. The molecular weight excluding hydrogens is 229 g/mol. The van der Waals surface area contributed by atoms with Gasteiger partial charge in [-0.15, -0.1) is 0 Å². The Morgan fingerprint density at radius 3 is 2.47 bits per heavy atom. The van der Waals surface area contributed by atoms with Crippen LogP contribution in [0.3, 0.4) is 0 Å². The molecule has 17 heavy (non-hydrogen) atoms. The highest BCUT2D eigenvalue weighted by Crippen LogP contribution is 2.23. The first kappa shape index (κ1) is 14.0. The van der Waals surface area contributed by atoms with Gasteiger partial charge in [0.25, 0.3) is 0 Å². The van der Waals surface area contributed by atoms with Crippen LogP contribution in [0.2, 0.25) is 0 Å². The molecule has 0 aliphatic heterocycles. The lowest BCUT2D eigenvalue weighted by atomic mass is 10.00. The number of aliphatic hydroxyl groups is 1.